The number of pyridine rings is 1. The molecule has 2 amide bonds. The maximum atomic E-state index is 12.8. The molecule has 28 heavy (non-hydrogen) atoms. The summed E-state index contributed by atoms with van der Waals surface area (Å²) < 4.78 is 10.6. The van der Waals surface area contributed by atoms with Crippen molar-refractivity contribution in [3.8, 4) is 11.5 Å². The fourth-order valence-electron chi connectivity index (χ4n) is 3.25. The SMILES string of the molecule is COc1cccc2cc(C(=O)N3CCN(C(=O)Oc4cccnc4)CC3)[nH]c12. The first kappa shape index (κ1) is 17.8. The van der Waals surface area contributed by atoms with Crippen LogP contribution in [-0.2, 0) is 0 Å². The second-order valence-electron chi connectivity index (χ2n) is 6.44. The molecule has 0 radical (unpaired) electrons. The first-order chi connectivity index (χ1) is 13.7. The van der Waals surface area contributed by atoms with Crippen molar-refractivity contribution in [3.63, 3.8) is 0 Å². The second-order valence-corrected chi connectivity index (χ2v) is 6.44. The Hall–Kier alpha value is -3.55. The van der Waals surface area contributed by atoms with E-state index in [9.17, 15) is 9.59 Å². The largest absolute Gasteiger partial charge is 0.495 e. The average Bonchev–Trinajstić information content (AvgIpc) is 3.18. The van der Waals surface area contributed by atoms with Crippen LogP contribution in [0.4, 0.5) is 4.79 Å². The maximum Gasteiger partial charge on any atom is 0.415 e. The molecular formula is C20H20N4O4. The summed E-state index contributed by atoms with van der Waals surface area (Å²) >= 11 is 0. The first-order valence-electron chi connectivity index (χ1n) is 8.97. The topological polar surface area (TPSA) is 87.8 Å². The van der Waals surface area contributed by atoms with Gasteiger partial charge in [0.25, 0.3) is 5.91 Å². The molecule has 2 aromatic heterocycles. The average molecular weight is 380 g/mol. The molecule has 1 aromatic carbocycles. The van der Waals surface area contributed by atoms with Crippen LogP contribution in [0.2, 0.25) is 0 Å². The van der Waals surface area contributed by atoms with Gasteiger partial charge in [0.15, 0.2) is 5.75 Å². The number of para-hydroxylation sites is 1. The molecule has 0 unspecified atom stereocenters. The van der Waals surface area contributed by atoms with E-state index in [2.05, 4.69) is 9.97 Å². The number of carbonyl (C=O) groups is 2. The van der Waals surface area contributed by atoms with Gasteiger partial charge < -0.3 is 24.3 Å². The van der Waals surface area contributed by atoms with Gasteiger partial charge in [0, 0.05) is 37.8 Å². The Balaban J connectivity index is 1.39. The number of nitrogens with one attached hydrogen (secondary N) is 1. The van der Waals surface area contributed by atoms with Crippen LogP contribution in [0.1, 0.15) is 10.5 Å². The van der Waals surface area contributed by atoms with Crippen molar-refractivity contribution in [1.29, 1.82) is 0 Å². The fourth-order valence-corrected chi connectivity index (χ4v) is 3.25. The molecule has 8 nitrogen and oxygen atoms in total. The number of amides is 2. The zero-order valence-electron chi connectivity index (χ0n) is 15.4. The third-order valence-electron chi connectivity index (χ3n) is 4.73. The number of ether oxygens (including phenoxy) is 2. The normalized spacial score (nSPS) is 14.2. The van der Waals surface area contributed by atoms with Crippen molar-refractivity contribution in [2.75, 3.05) is 33.3 Å². The van der Waals surface area contributed by atoms with Gasteiger partial charge >= 0.3 is 6.09 Å². The van der Waals surface area contributed by atoms with E-state index < -0.39 is 6.09 Å². The van der Waals surface area contributed by atoms with Gasteiger partial charge in [0.1, 0.15) is 11.4 Å². The van der Waals surface area contributed by atoms with Crippen LogP contribution in [0.25, 0.3) is 10.9 Å². The Morgan fingerprint density at radius 2 is 1.86 bits per heavy atom. The van der Waals surface area contributed by atoms with Crippen LogP contribution >= 0.6 is 0 Å². The van der Waals surface area contributed by atoms with Crippen molar-refractivity contribution in [3.05, 3.63) is 54.5 Å². The van der Waals surface area contributed by atoms with Gasteiger partial charge in [-0.25, -0.2) is 4.79 Å². The summed E-state index contributed by atoms with van der Waals surface area (Å²) in [4.78, 5) is 35.5. The Bertz CT molecular complexity index is 994. The first-order valence-corrected chi connectivity index (χ1v) is 8.97. The molecule has 144 valence electrons. The van der Waals surface area contributed by atoms with Gasteiger partial charge in [-0.15, -0.1) is 0 Å². The minimum absolute atomic E-state index is 0.0986. The van der Waals surface area contributed by atoms with Crippen molar-refractivity contribution < 1.29 is 19.1 Å². The smallest absolute Gasteiger partial charge is 0.415 e. The molecule has 0 saturated carbocycles. The number of benzene rings is 1. The summed E-state index contributed by atoms with van der Waals surface area (Å²) in [5.41, 5.74) is 1.30. The fraction of sp³-hybridized carbons (Fsp3) is 0.250. The van der Waals surface area contributed by atoms with E-state index in [0.29, 0.717) is 43.4 Å². The summed E-state index contributed by atoms with van der Waals surface area (Å²) in [5.74, 6) is 0.996. The van der Waals surface area contributed by atoms with Crippen LogP contribution in [0.3, 0.4) is 0 Å². The number of methoxy groups -OCH3 is 1. The Morgan fingerprint density at radius 1 is 1.07 bits per heavy atom. The van der Waals surface area contributed by atoms with E-state index in [0.717, 1.165) is 10.9 Å². The van der Waals surface area contributed by atoms with E-state index in [1.807, 2.05) is 24.3 Å². The molecular weight excluding hydrogens is 360 g/mol. The van der Waals surface area contributed by atoms with Crippen LogP contribution < -0.4 is 9.47 Å². The monoisotopic (exact) mass is 380 g/mol. The molecule has 1 N–H and O–H groups in total. The highest BCUT2D eigenvalue weighted by Gasteiger charge is 2.27. The molecule has 0 atom stereocenters. The van der Waals surface area contributed by atoms with E-state index in [4.69, 9.17) is 9.47 Å². The predicted octanol–water partition coefficient (Wildman–Crippen LogP) is 2.53. The quantitative estimate of drug-likeness (QED) is 0.754. The Kier molecular flexibility index (Phi) is 4.84. The van der Waals surface area contributed by atoms with Gasteiger partial charge in [0.2, 0.25) is 0 Å². The number of hydrogen-bond donors (Lipinski definition) is 1. The molecule has 0 spiro atoms. The lowest BCUT2D eigenvalue weighted by Crippen LogP contribution is -2.51. The molecule has 1 saturated heterocycles. The zero-order chi connectivity index (χ0) is 19.5. The number of rotatable bonds is 3. The van der Waals surface area contributed by atoms with Gasteiger partial charge in [-0.3, -0.25) is 9.78 Å². The minimum atomic E-state index is -0.435. The lowest BCUT2D eigenvalue weighted by atomic mass is 10.2. The van der Waals surface area contributed by atoms with Crippen LogP contribution in [0.5, 0.6) is 11.5 Å². The summed E-state index contributed by atoms with van der Waals surface area (Å²) in [7, 11) is 1.60. The van der Waals surface area contributed by atoms with Crippen LogP contribution in [0.15, 0.2) is 48.8 Å². The van der Waals surface area contributed by atoms with Crippen LogP contribution in [-0.4, -0.2) is 65.1 Å². The highest BCUT2D eigenvalue weighted by Crippen LogP contribution is 2.26. The van der Waals surface area contributed by atoms with E-state index in [-0.39, 0.29) is 5.91 Å². The van der Waals surface area contributed by atoms with Gasteiger partial charge in [-0.1, -0.05) is 12.1 Å². The zero-order valence-corrected chi connectivity index (χ0v) is 15.4. The number of piperazine rings is 1. The molecule has 0 aliphatic carbocycles. The van der Waals surface area contributed by atoms with Crippen molar-refractivity contribution in [1.82, 2.24) is 19.8 Å². The number of carbonyl (C=O) groups excluding carboxylic acids is 2. The second kappa shape index (κ2) is 7.59. The Morgan fingerprint density at radius 3 is 2.57 bits per heavy atom. The lowest BCUT2D eigenvalue weighted by molar-refractivity contribution is 0.0629. The highest BCUT2D eigenvalue weighted by molar-refractivity contribution is 5.99. The van der Waals surface area contributed by atoms with E-state index >= 15 is 0 Å². The number of aromatic amines is 1. The number of H-pyrrole nitrogens is 1. The third-order valence-corrected chi connectivity index (χ3v) is 4.73. The highest BCUT2D eigenvalue weighted by atomic mass is 16.6. The Labute approximate surface area is 161 Å². The molecule has 3 aromatic rings. The summed E-state index contributed by atoms with van der Waals surface area (Å²) in [6, 6.07) is 10.9. The van der Waals surface area contributed by atoms with Crippen molar-refractivity contribution in [2.24, 2.45) is 0 Å². The third kappa shape index (κ3) is 3.48. The summed E-state index contributed by atoms with van der Waals surface area (Å²) in [6.07, 6.45) is 2.67. The number of fused-ring (bicyclic) bond motifs is 1. The maximum absolute atomic E-state index is 12.8. The molecule has 1 aliphatic heterocycles. The lowest BCUT2D eigenvalue weighted by Gasteiger charge is -2.33. The van der Waals surface area contributed by atoms with E-state index in [1.54, 1.807) is 35.2 Å². The van der Waals surface area contributed by atoms with E-state index in [1.165, 1.54) is 6.20 Å². The summed E-state index contributed by atoms with van der Waals surface area (Å²) in [6.45, 7) is 1.70. The number of aromatic nitrogens is 2. The minimum Gasteiger partial charge on any atom is -0.495 e. The van der Waals surface area contributed by atoms with Gasteiger partial charge in [-0.2, -0.15) is 0 Å². The summed E-state index contributed by atoms with van der Waals surface area (Å²) in [5, 5.41) is 0.918. The molecule has 3 heterocycles. The molecule has 1 aliphatic rings. The van der Waals surface area contributed by atoms with Crippen LogP contribution in [0, 0.1) is 0 Å². The molecule has 4 rings (SSSR count). The number of hydrogen-bond acceptors (Lipinski definition) is 5. The van der Waals surface area contributed by atoms with Gasteiger partial charge in [-0.05, 0) is 24.3 Å². The van der Waals surface area contributed by atoms with Crippen molar-refractivity contribution in [2.45, 2.75) is 0 Å². The van der Waals surface area contributed by atoms with Gasteiger partial charge in [0.05, 0.1) is 18.8 Å². The molecule has 0 bridgehead atoms. The predicted molar refractivity (Wildman–Crippen MR) is 103 cm³/mol. The standard InChI is InChI=1S/C20H20N4O4/c1-27-17-6-2-4-14-12-16(22-18(14)17)19(25)23-8-10-24(11-9-23)20(26)28-15-5-3-7-21-13-15/h2-7,12-13,22H,8-11H2,1H3. The van der Waals surface area contributed by atoms with Crippen molar-refractivity contribution >= 4 is 22.9 Å². The molecule has 1 fully saturated rings. The molecule has 8 heteroatoms. The number of nitrogens with zero attached hydrogens (tertiary/aromatic N) is 3.